The molecule has 8 nitrogen and oxygen atoms in total. The van der Waals surface area contributed by atoms with Gasteiger partial charge in [0, 0.05) is 0 Å². The van der Waals surface area contributed by atoms with Crippen LogP contribution < -0.4 is 9.46 Å². The fourth-order valence-electron chi connectivity index (χ4n) is 2.44. The number of sulfonamides is 1. The van der Waals surface area contributed by atoms with Crippen molar-refractivity contribution in [2.45, 2.75) is 24.8 Å². The molecule has 0 saturated carbocycles. The molecule has 28 heavy (non-hydrogen) atoms. The molecular formula is C19H21N3O5S. The summed E-state index contributed by atoms with van der Waals surface area (Å²) in [5.74, 6) is -0.389. The third-order valence-corrected chi connectivity index (χ3v) is 5.36. The number of nitrogens with zero attached hydrogens (tertiary/aromatic N) is 2. The molecule has 0 saturated heterocycles. The minimum Gasteiger partial charge on any atom is -0.497 e. The van der Waals surface area contributed by atoms with Gasteiger partial charge in [-0.05, 0) is 43.7 Å². The Kier molecular flexibility index (Phi) is 7.06. The van der Waals surface area contributed by atoms with E-state index in [2.05, 4.69) is 9.51 Å². The summed E-state index contributed by atoms with van der Waals surface area (Å²) in [7, 11) is -2.53. The highest BCUT2D eigenvalue weighted by Crippen LogP contribution is 2.22. The van der Waals surface area contributed by atoms with Gasteiger partial charge < -0.3 is 15.0 Å². The summed E-state index contributed by atoms with van der Waals surface area (Å²) in [5, 5.41) is 0. The van der Waals surface area contributed by atoms with E-state index in [0.29, 0.717) is 11.3 Å². The van der Waals surface area contributed by atoms with Crippen LogP contribution in [0.5, 0.6) is 5.75 Å². The molecule has 2 aromatic rings. The van der Waals surface area contributed by atoms with Gasteiger partial charge in [0.2, 0.25) is 10.0 Å². The molecule has 0 aliphatic rings. The predicted molar refractivity (Wildman–Crippen MR) is 102 cm³/mol. The normalized spacial score (nSPS) is 12.0. The molecule has 0 radical (unpaired) electrons. The predicted octanol–water partition coefficient (Wildman–Crippen LogP) is 2.26. The molecule has 1 N–H and O–H groups in total. The van der Waals surface area contributed by atoms with Crippen molar-refractivity contribution in [3.8, 4) is 5.75 Å². The Hall–Kier alpha value is -3.00. The van der Waals surface area contributed by atoms with Crippen LogP contribution in [-0.2, 0) is 19.6 Å². The first-order valence-corrected chi connectivity index (χ1v) is 9.92. The largest absolute Gasteiger partial charge is 0.497 e. The van der Waals surface area contributed by atoms with Gasteiger partial charge in [0.15, 0.2) is 6.04 Å². The maximum atomic E-state index is 12.8. The Bertz CT molecular complexity index is 979. The molecule has 148 valence electrons. The van der Waals surface area contributed by atoms with Gasteiger partial charge in [0.1, 0.15) is 5.75 Å². The summed E-state index contributed by atoms with van der Waals surface area (Å²) >= 11 is 0. The SMILES string of the molecule is CCOC(=O)C(=[N+]=[N-])C(NS(=O)(=O)c1ccc(C)cc1)c1ccc(OC)cc1. The Morgan fingerprint density at radius 2 is 1.75 bits per heavy atom. The van der Waals surface area contributed by atoms with Crippen molar-refractivity contribution < 1.29 is 27.5 Å². The van der Waals surface area contributed by atoms with Crippen molar-refractivity contribution in [3.05, 3.63) is 65.2 Å². The lowest BCUT2D eigenvalue weighted by Gasteiger charge is -2.16. The minimum atomic E-state index is -4.02. The summed E-state index contributed by atoms with van der Waals surface area (Å²) < 4.78 is 38.0. The van der Waals surface area contributed by atoms with E-state index in [4.69, 9.17) is 9.47 Å². The lowest BCUT2D eigenvalue weighted by atomic mass is 10.0. The van der Waals surface area contributed by atoms with E-state index in [1.807, 2.05) is 6.92 Å². The van der Waals surface area contributed by atoms with E-state index in [-0.39, 0.29) is 11.5 Å². The number of hydrogen-bond acceptors (Lipinski definition) is 5. The molecule has 1 atom stereocenters. The third kappa shape index (κ3) is 5.04. The molecule has 0 aromatic heterocycles. The molecule has 2 aromatic carbocycles. The number of rotatable bonds is 8. The van der Waals surface area contributed by atoms with Crippen LogP contribution >= 0.6 is 0 Å². The molecule has 0 bridgehead atoms. The maximum Gasteiger partial charge on any atom is 0.419 e. The third-order valence-electron chi connectivity index (χ3n) is 3.92. The van der Waals surface area contributed by atoms with Crippen LogP contribution in [0.3, 0.4) is 0 Å². The highest BCUT2D eigenvalue weighted by Gasteiger charge is 2.37. The van der Waals surface area contributed by atoms with Crippen molar-refractivity contribution in [2.75, 3.05) is 13.7 Å². The highest BCUT2D eigenvalue weighted by atomic mass is 32.2. The van der Waals surface area contributed by atoms with Crippen LogP contribution in [-0.4, -0.2) is 38.6 Å². The first kappa shape index (κ1) is 21.3. The summed E-state index contributed by atoms with van der Waals surface area (Å²) in [5.41, 5.74) is 10.2. The second kappa shape index (κ2) is 9.27. The summed E-state index contributed by atoms with van der Waals surface area (Å²) in [6.45, 7) is 3.46. The monoisotopic (exact) mass is 403 g/mol. The maximum absolute atomic E-state index is 12.8. The number of carbonyl (C=O) groups excluding carboxylic acids is 1. The highest BCUT2D eigenvalue weighted by molar-refractivity contribution is 7.89. The van der Waals surface area contributed by atoms with E-state index in [9.17, 15) is 18.7 Å². The molecule has 0 spiro atoms. The van der Waals surface area contributed by atoms with E-state index < -0.39 is 27.7 Å². The van der Waals surface area contributed by atoms with E-state index in [0.717, 1.165) is 5.56 Å². The zero-order chi connectivity index (χ0) is 20.7. The Labute approximate surface area is 163 Å². The van der Waals surface area contributed by atoms with E-state index in [1.54, 1.807) is 43.3 Å². The Morgan fingerprint density at radius 3 is 2.25 bits per heavy atom. The Balaban J connectivity index is 2.49. The number of aryl methyl sites for hydroxylation is 1. The van der Waals surface area contributed by atoms with E-state index in [1.165, 1.54) is 19.2 Å². The molecular weight excluding hydrogens is 382 g/mol. The molecule has 0 fully saturated rings. The number of benzene rings is 2. The Morgan fingerprint density at radius 1 is 1.14 bits per heavy atom. The van der Waals surface area contributed by atoms with Gasteiger partial charge in [0.25, 0.3) is 0 Å². The quantitative estimate of drug-likeness (QED) is 0.314. The number of hydrogen-bond donors (Lipinski definition) is 1. The molecule has 0 aliphatic heterocycles. The average Bonchev–Trinajstić information content (AvgIpc) is 2.68. The molecule has 2 rings (SSSR count). The van der Waals surface area contributed by atoms with Crippen molar-refractivity contribution in [1.29, 1.82) is 0 Å². The van der Waals surface area contributed by atoms with Gasteiger partial charge in [-0.25, -0.2) is 13.2 Å². The number of ether oxygens (including phenoxy) is 2. The van der Waals surface area contributed by atoms with Crippen molar-refractivity contribution >= 4 is 21.7 Å². The second-order valence-corrected chi connectivity index (χ2v) is 7.56. The molecule has 9 heteroatoms. The van der Waals surface area contributed by atoms with Crippen molar-refractivity contribution in [2.24, 2.45) is 0 Å². The summed E-state index contributed by atoms with van der Waals surface area (Å²) in [4.78, 5) is 15.2. The molecule has 0 aliphatic carbocycles. The number of carbonyl (C=O) groups is 1. The van der Waals surface area contributed by atoms with Crippen LogP contribution in [0.2, 0.25) is 0 Å². The lowest BCUT2D eigenvalue weighted by Crippen LogP contribution is -2.38. The second-order valence-electron chi connectivity index (χ2n) is 5.85. The molecule has 0 amide bonds. The van der Waals surface area contributed by atoms with Gasteiger partial charge in [-0.15, -0.1) is 0 Å². The fraction of sp³-hybridized carbons (Fsp3) is 0.263. The summed E-state index contributed by atoms with van der Waals surface area (Å²) in [6.07, 6.45) is 0. The molecule has 0 heterocycles. The van der Waals surface area contributed by atoms with Crippen molar-refractivity contribution in [3.63, 3.8) is 0 Å². The van der Waals surface area contributed by atoms with Gasteiger partial charge in [-0.3, -0.25) is 0 Å². The van der Waals surface area contributed by atoms with Gasteiger partial charge in [-0.1, -0.05) is 29.8 Å². The lowest BCUT2D eigenvalue weighted by molar-refractivity contribution is -0.140. The number of methoxy groups -OCH3 is 1. The standard InChI is InChI=1S/C19H21N3O5S/c1-4-27-19(23)18(21-20)17(14-7-9-15(26-3)10-8-14)22-28(24,25)16-11-5-13(2)6-12-16/h5-12,17,22H,4H2,1-3H3. The van der Waals surface area contributed by atoms with Crippen LogP contribution in [0.1, 0.15) is 24.1 Å². The van der Waals surface area contributed by atoms with Crippen molar-refractivity contribution in [1.82, 2.24) is 4.72 Å². The average molecular weight is 403 g/mol. The first-order chi connectivity index (χ1) is 13.3. The number of nitrogens with one attached hydrogen (secondary N) is 1. The zero-order valence-corrected chi connectivity index (χ0v) is 16.6. The minimum absolute atomic E-state index is 0.0118. The first-order valence-electron chi connectivity index (χ1n) is 8.44. The van der Waals surface area contributed by atoms with Gasteiger partial charge in [-0.2, -0.15) is 9.51 Å². The van der Waals surface area contributed by atoms with Crippen LogP contribution in [0, 0.1) is 6.92 Å². The fourth-order valence-corrected chi connectivity index (χ4v) is 3.63. The van der Waals surface area contributed by atoms with Gasteiger partial charge in [0.05, 0.1) is 18.6 Å². The van der Waals surface area contributed by atoms with E-state index >= 15 is 0 Å². The van der Waals surface area contributed by atoms with Crippen LogP contribution in [0.15, 0.2) is 53.4 Å². The van der Waals surface area contributed by atoms with Gasteiger partial charge >= 0.3 is 11.7 Å². The molecule has 1 unspecified atom stereocenters. The summed E-state index contributed by atoms with van der Waals surface area (Å²) in [6, 6.07) is 11.3. The van der Waals surface area contributed by atoms with Crippen LogP contribution in [0.4, 0.5) is 0 Å². The topological polar surface area (TPSA) is 118 Å². The van der Waals surface area contributed by atoms with Crippen LogP contribution in [0.25, 0.3) is 5.53 Å². The zero-order valence-electron chi connectivity index (χ0n) is 15.7. The number of esters is 1. The smallest absolute Gasteiger partial charge is 0.419 e.